The van der Waals surface area contributed by atoms with E-state index in [0.29, 0.717) is 0 Å². The molecule has 0 spiro atoms. The summed E-state index contributed by atoms with van der Waals surface area (Å²) in [5.74, 6) is -1.19. The Hall–Kier alpha value is -3.42. The first-order valence-corrected chi connectivity index (χ1v) is 9.57. The van der Waals surface area contributed by atoms with Crippen LogP contribution in [0, 0.1) is 10.1 Å². The number of ether oxygens (including phenoxy) is 1. The predicted octanol–water partition coefficient (Wildman–Crippen LogP) is 3.30. The van der Waals surface area contributed by atoms with Crippen molar-refractivity contribution in [2.24, 2.45) is 0 Å². The van der Waals surface area contributed by atoms with Gasteiger partial charge in [-0.2, -0.15) is 0 Å². The van der Waals surface area contributed by atoms with Crippen molar-refractivity contribution >= 4 is 23.3 Å². The molecule has 0 saturated carbocycles. The Morgan fingerprint density at radius 2 is 1.83 bits per heavy atom. The highest BCUT2D eigenvalue weighted by atomic mass is 16.6. The van der Waals surface area contributed by atoms with Crippen molar-refractivity contribution in [3.05, 3.63) is 69.3 Å². The average Bonchev–Trinajstić information content (AvgIpc) is 3.26. The van der Waals surface area contributed by atoms with Crippen LogP contribution in [0.3, 0.4) is 0 Å². The summed E-state index contributed by atoms with van der Waals surface area (Å²) in [6.07, 6.45) is 2.29. The van der Waals surface area contributed by atoms with Gasteiger partial charge in [-0.15, -0.1) is 0 Å². The molecule has 8 nitrogen and oxygen atoms in total. The van der Waals surface area contributed by atoms with E-state index in [9.17, 15) is 19.7 Å². The molecule has 0 atom stereocenters. The van der Waals surface area contributed by atoms with Crippen LogP contribution in [0.25, 0.3) is 0 Å². The number of carbonyl (C=O) groups excluding carboxylic acids is 2. The second-order valence-corrected chi connectivity index (χ2v) is 6.75. The normalized spacial score (nSPS) is 13.2. The zero-order chi connectivity index (χ0) is 20.8. The zero-order valence-corrected chi connectivity index (χ0v) is 16.2. The fourth-order valence-electron chi connectivity index (χ4n) is 3.38. The zero-order valence-electron chi connectivity index (χ0n) is 16.2. The Balaban J connectivity index is 1.79. The number of para-hydroxylation sites is 1. The number of carbonyl (C=O) groups is 2. The van der Waals surface area contributed by atoms with Crippen molar-refractivity contribution in [2.75, 3.05) is 24.6 Å². The topological polar surface area (TPSA) is 102 Å². The van der Waals surface area contributed by atoms with Gasteiger partial charge in [-0.05, 0) is 37.5 Å². The van der Waals surface area contributed by atoms with Gasteiger partial charge in [-0.3, -0.25) is 14.9 Å². The average molecular weight is 397 g/mol. The quantitative estimate of drug-likeness (QED) is 0.437. The molecule has 0 aromatic heterocycles. The fourth-order valence-corrected chi connectivity index (χ4v) is 3.38. The molecule has 29 heavy (non-hydrogen) atoms. The maximum Gasteiger partial charge on any atom is 0.338 e. The Morgan fingerprint density at radius 1 is 1.14 bits per heavy atom. The lowest BCUT2D eigenvalue weighted by Gasteiger charge is -2.21. The summed E-state index contributed by atoms with van der Waals surface area (Å²) in [6, 6.07) is 11.4. The van der Waals surface area contributed by atoms with Crippen molar-refractivity contribution in [1.82, 2.24) is 5.32 Å². The van der Waals surface area contributed by atoms with Crippen molar-refractivity contribution in [2.45, 2.75) is 26.3 Å². The number of nitro benzene ring substituents is 1. The lowest BCUT2D eigenvalue weighted by molar-refractivity contribution is -0.384. The van der Waals surface area contributed by atoms with Gasteiger partial charge in [-0.25, -0.2) is 4.79 Å². The van der Waals surface area contributed by atoms with Crippen molar-refractivity contribution < 1.29 is 19.2 Å². The number of rotatable bonds is 7. The molecule has 0 unspecified atom stereocenters. The molecule has 0 aliphatic carbocycles. The van der Waals surface area contributed by atoms with Crippen molar-refractivity contribution in [1.29, 1.82) is 0 Å². The molecular formula is C21H23N3O5. The summed E-state index contributed by atoms with van der Waals surface area (Å²) in [5, 5.41) is 14.0. The number of hydrogen-bond donors (Lipinski definition) is 1. The summed E-state index contributed by atoms with van der Waals surface area (Å²) in [4.78, 5) is 37.5. The fraction of sp³-hybridized carbons (Fsp3) is 0.333. The van der Waals surface area contributed by atoms with E-state index in [4.69, 9.17) is 4.74 Å². The molecule has 8 heteroatoms. The largest absolute Gasteiger partial charge is 0.462 e. The molecule has 0 radical (unpaired) electrons. The number of amides is 1. The number of hydrogen-bond acceptors (Lipinski definition) is 6. The maximum absolute atomic E-state index is 12.7. The highest BCUT2D eigenvalue weighted by Crippen LogP contribution is 2.24. The molecule has 152 valence electrons. The van der Waals surface area contributed by atoms with Crippen LogP contribution in [0.1, 0.15) is 46.0 Å². The van der Waals surface area contributed by atoms with Crippen LogP contribution in [-0.4, -0.2) is 36.5 Å². The smallest absolute Gasteiger partial charge is 0.338 e. The molecule has 1 fully saturated rings. The van der Waals surface area contributed by atoms with Gasteiger partial charge in [0.2, 0.25) is 0 Å². The van der Waals surface area contributed by atoms with E-state index < -0.39 is 16.8 Å². The third-order valence-corrected chi connectivity index (χ3v) is 4.78. The Labute approximate surface area is 168 Å². The van der Waals surface area contributed by atoms with Crippen LogP contribution in [0.2, 0.25) is 0 Å². The standard InChI is InChI=1S/C21H23N3O5/c1-2-29-21(26)17-11-16(12-18(13-17)24(27)28)20(25)22-14-15-7-3-4-8-19(15)23-9-5-6-10-23/h3-4,7-8,11-13H,2,5-6,9-10,14H2,1H3,(H,22,25). The van der Waals surface area contributed by atoms with E-state index in [-0.39, 0.29) is 30.0 Å². The third kappa shape index (κ3) is 4.90. The molecule has 2 aromatic carbocycles. The van der Waals surface area contributed by atoms with Crippen molar-refractivity contribution in [3.63, 3.8) is 0 Å². The summed E-state index contributed by atoms with van der Waals surface area (Å²) in [6.45, 7) is 4.03. The molecule has 1 heterocycles. The number of anilines is 1. The molecule has 1 amide bonds. The van der Waals surface area contributed by atoms with Crippen LogP contribution < -0.4 is 10.2 Å². The van der Waals surface area contributed by atoms with Gasteiger partial charge in [0.05, 0.1) is 17.1 Å². The van der Waals surface area contributed by atoms with Gasteiger partial charge in [0.1, 0.15) is 0 Å². The minimum Gasteiger partial charge on any atom is -0.462 e. The number of nitrogens with zero attached hydrogens (tertiary/aromatic N) is 2. The lowest BCUT2D eigenvalue weighted by Crippen LogP contribution is -2.26. The van der Waals surface area contributed by atoms with Gasteiger partial charge in [0.25, 0.3) is 11.6 Å². The van der Waals surface area contributed by atoms with E-state index in [2.05, 4.69) is 10.2 Å². The van der Waals surface area contributed by atoms with E-state index in [0.717, 1.165) is 49.3 Å². The second kappa shape index (κ2) is 9.18. The molecule has 1 saturated heterocycles. The first-order chi connectivity index (χ1) is 14.0. The molecule has 1 aliphatic heterocycles. The monoisotopic (exact) mass is 397 g/mol. The van der Waals surface area contributed by atoms with E-state index in [1.807, 2.05) is 24.3 Å². The summed E-state index contributed by atoms with van der Waals surface area (Å²) in [7, 11) is 0. The maximum atomic E-state index is 12.7. The molecule has 1 N–H and O–H groups in total. The number of esters is 1. The molecular weight excluding hydrogens is 374 g/mol. The number of non-ortho nitro benzene ring substituents is 1. The highest BCUT2D eigenvalue weighted by molar-refractivity contribution is 5.99. The number of nitro groups is 1. The van der Waals surface area contributed by atoms with Crippen LogP contribution in [0.15, 0.2) is 42.5 Å². The highest BCUT2D eigenvalue weighted by Gasteiger charge is 2.20. The SMILES string of the molecule is CCOC(=O)c1cc(C(=O)NCc2ccccc2N2CCCC2)cc([N+](=O)[O-])c1. The van der Waals surface area contributed by atoms with E-state index in [1.54, 1.807) is 6.92 Å². The summed E-state index contributed by atoms with van der Waals surface area (Å²) < 4.78 is 4.90. The molecule has 2 aromatic rings. The Morgan fingerprint density at radius 3 is 2.52 bits per heavy atom. The van der Waals surface area contributed by atoms with E-state index >= 15 is 0 Å². The molecule has 1 aliphatic rings. The van der Waals surface area contributed by atoms with Crippen LogP contribution in [0.5, 0.6) is 0 Å². The van der Waals surface area contributed by atoms with Gasteiger partial charge in [-0.1, -0.05) is 18.2 Å². The lowest BCUT2D eigenvalue weighted by atomic mass is 10.1. The van der Waals surface area contributed by atoms with Gasteiger partial charge in [0.15, 0.2) is 0 Å². The summed E-state index contributed by atoms with van der Waals surface area (Å²) >= 11 is 0. The minimum absolute atomic E-state index is 0.0244. The molecule has 3 rings (SSSR count). The van der Waals surface area contributed by atoms with Gasteiger partial charge >= 0.3 is 5.97 Å². The van der Waals surface area contributed by atoms with Crippen LogP contribution in [-0.2, 0) is 11.3 Å². The first-order valence-electron chi connectivity index (χ1n) is 9.57. The predicted molar refractivity (Wildman–Crippen MR) is 108 cm³/mol. The van der Waals surface area contributed by atoms with Crippen LogP contribution >= 0.6 is 0 Å². The van der Waals surface area contributed by atoms with E-state index in [1.165, 1.54) is 6.07 Å². The third-order valence-electron chi connectivity index (χ3n) is 4.78. The second-order valence-electron chi connectivity index (χ2n) is 6.75. The summed E-state index contributed by atoms with van der Waals surface area (Å²) in [5.41, 5.74) is 1.73. The van der Waals surface area contributed by atoms with Crippen molar-refractivity contribution in [3.8, 4) is 0 Å². The number of nitrogens with one attached hydrogen (secondary N) is 1. The molecule has 0 bridgehead atoms. The number of benzene rings is 2. The Bertz CT molecular complexity index is 922. The van der Waals surface area contributed by atoms with Gasteiger partial charge < -0.3 is 15.0 Å². The minimum atomic E-state index is -0.704. The first kappa shape index (κ1) is 20.3. The van der Waals surface area contributed by atoms with Gasteiger partial charge in [0, 0.05) is 43.0 Å². The Kier molecular flexibility index (Phi) is 6.43. The van der Waals surface area contributed by atoms with Crippen LogP contribution in [0.4, 0.5) is 11.4 Å².